The van der Waals surface area contributed by atoms with Crippen LogP contribution in [-0.4, -0.2) is 65.4 Å². The van der Waals surface area contributed by atoms with Gasteiger partial charge in [-0.15, -0.1) is 0 Å². The molecular formula is C18H20ClN5O3. The summed E-state index contributed by atoms with van der Waals surface area (Å²) >= 11 is 6.13. The molecule has 2 heterocycles. The number of halogens is 1. The predicted octanol–water partition coefficient (Wildman–Crippen LogP) is 2.10. The number of piperazine rings is 1. The molecule has 1 aromatic carbocycles. The molecule has 142 valence electrons. The lowest BCUT2D eigenvalue weighted by molar-refractivity contribution is -0.119. The summed E-state index contributed by atoms with van der Waals surface area (Å²) in [6.45, 7) is 3.89. The molecule has 0 atom stereocenters. The minimum absolute atomic E-state index is 0.190. The van der Waals surface area contributed by atoms with Gasteiger partial charge < -0.3 is 19.9 Å². The third kappa shape index (κ3) is 4.28. The van der Waals surface area contributed by atoms with E-state index in [9.17, 15) is 9.59 Å². The first-order chi connectivity index (χ1) is 13.0. The van der Waals surface area contributed by atoms with Gasteiger partial charge in [-0.3, -0.25) is 9.59 Å². The molecule has 1 fully saturated rings. The molecular weight excluding hydrogens is 370 g/mol. The van der Waals surface area contributed by atoms with E-state index in [1.807, 2.05) is 13.0 Å². The third-order valence-corrected chi connectivity index (χ3v) is 4.79. The maximum Gasteiger partial charge on any atom is 0.272 e. The number of ether oxygens (including phenoxy) is 1. The normalized spacial score (nSPS) is 14.0. The molecule has 0 saturated carbocycles. The third-order valence-electron chi connectivity index (χ3n) is 4.38. The molecule has 1 aromatic heterocycles. The average molecular weight is 390 g/mol. The standard InChI is InChI=1S/C18H20ClN5O3/c1-12-7-14(16(27-2)8-13(12)19)22-17-9-15(20-10-21-17)18(26)24-5-3-23(11-25)4-6-24/h7-11H,3-6H2,1-2H3,(H,20,21,22). The van der Waals surface area contributed by atoms with Crippen molar-refractivity contribution >= 4 is 35.4 Å². The topological polar surface area (TPSA) is 87.7 Å². The van der Waals surface area contributed by atoms with Gasteiger partial charge in [-0.2, -0.15) is 0 Å². The number of benzene rings is 1. The second-order valence-electron chi connectivity index (χ2n) is 6.15. The summed E-state index contributed by atoms with van der Waals surface area (Å²) < 4.78 is 5.35. The SMILES string of the molecule is COc1cc(Cl)c(C)cc1Nc1cc(C(=O)N2CCN(C=O)CC2)ncn1. The van der Waals surface area contributed by atoms with E-state index < -0.39 is 0 Å². The smallest absolute Gasteiger partial charge is 0.272 e. The van der Waals surface area contributed by atoms with Gasteiger partial charge in [0.1, 0.15) is 23.6 Å². The van der Waals surface area contributed by atoms with Crippen LogP contribution < -0.4 is 10.1 Å². The van der Waals surface area contributed by atoms with Crippen LogP contribution in [0.15, 0.2) is 24.5 Å². The van der Waals surface area contributed by atoms with Gasteiger partial charge >= 0.3 is 0 Å². The Morgan fingerprint density at radius 2 is 1.96 bits per heavy atom. The number of hydrogen-bond donors (Lipinski definition) is 1. The number of rotatable bonds is 5. The fraction of sp³-hybridized carbons (Fsp3) is 0.333. The molecule has 0 unspecified atom stereocenters. The highest BCUT2D eigenvalue weighted by atomic mass is 35.5. The summed E-state index contributed by atoms with van der Waals surface area (Å²) in [6.07, 6.45) is 2.14. The van der Waals surface area contributed by atoms with Crippen molar-refractivity contribution < 1.29 is 14.3 Å². The van der Waals surface area contributed by atoms with Gasteiger partial charge in [0.05, 0.1) is 12.8 Å². The Bertz CT molecular complexity index is 853. The number of carbonyl (C=O) groups excluding carboxylic acids is 2. The van der Waals surface area contributed by atoms with Gasteiger partial charge in [0.2, 0.25) is 6.41 Å². The largest absolute Gasteiger partial charge is 0.495 e. The van der Waals surface area contributed by atoms with E-state index in [2.05, 4.69) is 15.3 Å². The molecule has 27 heavy (non-hydrogen) atoms. The van der Waals surface area contributed by atoms with Crippen molar-refractivity contribution in [2.24, 2.45) is 0 Å². The maximum absolute atomic E-state index is 12.7. The monoisotopic (exact) mass is 389 g/mol. The molecule has 2 aromatic rings. The van der Waals surface area contributed by atoms with E-state index in [0.29, 0.717) is 48.5 Å². The van der Waals surface area contributed by atoms with E-state index >= 15 is 0 Å². The van der Waals surface area contributed by atoms with Crippen molar-refractivity contribution in [3.63, 3.8) is 0 Å². The fourth-order valence-electron chi connectivity index (χ4n) is 2.80. The van der Waals surface area contributed by atoms with Crippen LogP contribution in [-0.2, 0) is 4.79 Å². The first kappa shape index (κ1) is 18.9. The van der Waals surface area contributed by atoms with Crippen molar-refractivity contribution in [2.45, 2.75) is 6.92 Å². The summed E-state index contributed by atoms with van der Waals surface area (Å²) in [4.78, 5) is 35.1. The first-order valence-corrected chi connectivity index (χ1v) is 8.81. The maximum atomic E-state index is 12.7. The molecule has 3 rings (SSSR count). The summed E-state index contributed by atoms with van der Waals surface area (Å²) in [5.41, 5.74) is 1.87. The molecule has 1 N–H and O–H groups in total. The molecule has 0 spiro atoms. The number of methoxy groups -OCH3 is 1. The van der Waals surface area contributed by atoms with Gasteiger partial charge in [-0.1, -0.05) is 11.6 Å². The highest BCUT2D eigenvalue weighted by molar-refractivity contribution is 6.31. The number of amides is 2. The number of aryl methyl sites for hydroxylation is 1. The summed E-state index contributed by atoms with van der Waals surface area (Å²) in [5, 5.41) is 3.75. The van der Waals surface area contributed by atoms with Gasteiger partial charge in [-0.05, 0) is 18.6 Å². The Morgan fingerprint density at radius 3 is 2.63 bits per heavy atom. The van der Waals surface area contributed by atoms with Crippen molar-refractivity contribution in [3.05, 3.63) is 40.8 Å². The fourth-order valence-corrected chi connectivity index (χ4v) is 2.96. The number of nitrogens with one attached hydrogen (secondary N) is 1. The van der Waals surface area contributed by atoms with E-state index in [-0.39, 0.29) is 11.6 Å². The van der Waals surface area contributed by atoms with E-state index in [4.69, 9.17) is 16.3 Å². The number of anilines is 2. The lowest BCUT2D eigenvalue weighted by Gasteiger charge is -2.32. The first-order valence-electron chi connectivity index (χ1n) is 8.43. The lowest BCUT2D eigenvalue weighted by atomic mass is 10.2. The Morgan fingerprint density at radius 1 is 1.22 bits per heavy atom. The van der Waals surface area contributed by atoms with Crippen LogP contribution in [0.5, 0.6) is 5.75 Å². The Hall–Kier alpha value is -2.87. The minimum atomic E-state index is -0.190. The van der Waals surface area contributed by atoms with Gasteiger partial charge in [0.15, 0.2) is 0 Å². The Labute approximate surface area is 162 Å². The summed E-state index contributed by atoms with van der Waals surface area (Å²) in [5.74, 6) is 0.854. The molecule has 9 heteroatoms. The van der Waals surface area contributed by atoms with E-state index in [1.54, 1.807) is 29.0 Å². The second-order valence-corrected chi connectivity index (χ2v) is 6.56. The Balaban J connectivity index is 1.77. The highest BCUT2D eigenvalue weighted by Gasteiger charge is 2.22. The quantitative estimate of drug-likeness (QED) is 0.788. The van der Waals surface area contributed by atoms with E-state index in [1.165, 1.54) is 6.33 Å². The number of nitrogens with zero attached hydrogens (tertiary/aromatic N) is 4. The zero-order chi connectivity index (χ0) is 19.4. The molecule has 1 aliphatic rings. The second kappa shape index (κ2) is 8.22. The molecule has 2 amide bonds. The summed E-state index contributed by atoms with van der Waals surface area (Å²) in [7, 11) is 1.56. The van der Waals surface area contributed by atoms with Crippen LogP contribution >= 0.6 is 11.6 Å². The number of aromatic nitrogens is 2. The van der Waals surface area contributed by atoms with Crippen LogP contribution in [0.25, 0.3) is 0 Å². The van der Waals surface area contributed by atoms with Crippen molar-refractivity contribution in [2.75, 3.05) is 38.6 Å². The Kier molecular flexibility index (Phi) is 5.75. The predicted molar refractivity (Wildman–Crippen MR) is 102 cm³/mol. The minimum Gasteiger partial charge on any atom is -0.495 e. The highest BCUT2D eigenvalue weighted by Crippen LogP contribution is 2.32. The lowest BCUT2D eigenvalue weighted by Crippen LogP contribution is -2.48. The van der Waals surface area contributed by atoms with Crippen LogP contribution in [0, 0.1) is 6.92 Å². The average Bonchev–Trinajstić information content (AvgIpc) is 2.70. The zero-order valence-electron chi connectivity index (χ0n) is 15.1. The van der Waals surface area contributed by atoms with Gasteiger partial charge in [0.25, 0.3) is 5.91 Å². The zero-order valence-corrected chi connectivity index (χ0v) is 15.9. The van der Waals surface area contributed by atoms with Crippen LogP contribution in [0.4, 0.5) is 11.5 Å². The molecule has 0 radical (unpaired) electrons. The molecule has 0 bridgehead atoms. The van der Waals surface area contributed by atoms with Crippen molar-refractivity contribution in [1.29, 1.82) is 0 Å². The molecule has 1 aliphatic heterocycles. The van der Waals surface area contributed by atoms with Gasteiger partial charge in [-0.25, -0.2) is 9.97 Å². The van der Waals surface area contributed by atoms with Crippen molar-refractivity contribution in [1.82, 2.24) is 19.8 Å². The number of hydrogen-bond acceptors (Lipinski definition) is 6. The molecule has 0 aliphatic carbocycles. The summed E-state index contributed by atoms with van der Waals surface area (Å²) in [6, 6.07) is 5.17. The number of carbonyl (C=O) groups is 2. The van der Waals surface area contributed by atoms with Crippen LogP contribution in [0.3, 0.4) is 0 Å². The van der Waals surface area contributed by atoms with Crippen LogP contribution in [0.1, 0.15) is 16.1 Å². The van der Waals surface area contributed by atoms with E-state index in [0.717, 1.165) is 12.0 Å². The molecule has 1 saturated heterocycles. The van der Waals surface area contributed by atoms with Crippen molar-refractivity contribution in [3.8, 4) is 5.75 Å². The molecule has 8 nitrogen and oxygen atoms in total. The van der Waals surface area contributed by atoms with Gasteiger partial charge in [0, 0.05) is 43.3 Å². The van der Waals surface area contributed by atoms with Crippen LogP contribution in [0.2, 0.25) is 5.02 Å².